The molecule has 0 aromatic heterocycles. The number of nitrogens with zero attached hydrogens (tertiary/aromatic N) is 1. The van der Waals surface area contributed by atoms with Gasteiger partial charge in [-0.15, -0.1) is 0 Å². The highest BCUT2D eigenvalue weighted by Crippen LogP contribution is 2.24. The maximum atomic E-state index is 11.7. The van der Waals surface area contributed by atoms with Gasteiger partial charge < -0.3 is 10.2 Å². The van der Waals surface area contributed by atoms with Gasteiger partial charge in [-0.05, 0) is 34.6 Å². The second-order valence-electron chi connectivity index (χ2n) is 3.18. The fourth-order valence-electron chi connectivity index (χ4n) is 1.21. The Bertz CT molecular complexity index is 341. The topological polar surface area (TPSA) is 32.3 Å². The van der Waals surface area contributed by atoms with Crippen LogP contribution >= 0.6 is 15.9 Å². The molecule has 0 radical (unpaired) electrons. The minimum Gasteiger partial charge on any atom is -0.313 e. The van der Waals surface area contributed by atoms with Gasteiger partial charge in [0.25, 0.3) is 0 Å². The predicted octanol–water partition coefficient (Wildman–Crippen LogP) is 2.02. The summed E-state index contributed by atoms with van der Waals surface area (Å²) in [6.45, 7) is 3.15. The van der Waals surface area contributed by atoms with Crippen LogP contribution in [0, 0.1) is 0 Å². The Balaban J connectivity index is 2.72. The van der Waals surface area contributed by atoms with Gasteiger partial charge in [-0.25, -0.2) is 0 Å². The molecule has 1 amide bonds. The third kappa shape index (κ3) is 3.32. The molecule has 0 saturated carbocycles. The molecule has 0 aliphatic heterocycles. The lowest BCUT2D eigenvalue weighted by Gasteiger charge is -2.18. The number of carbonyl (C=O) groups is 1. The van der Waals surface area contributed by atoms with Crippen molar-refractivity contribution in [2.45, 2.75) is 6.92 Å². The minimum atomic E-state index is 0.0590. The van der Waals surface area contributed by atoms with E-state index in [-0.39, 0.29) is 5.91 Å². The summed E-state index contributed by atoms with van der Waals surface area (Å²) in [5.74, 6) is 0.0590. The summed E-state index contributed by atoms with van der Waals surface area (Å²) in [5, 5.41) is 3.01. The molecule has 0 aliphatic rings. The van der Waals surface area contributed by atoms with Crippen molar-refractivity contribution in [2.75, 3.05) is 25.0 Å². The van der Waals surface area contributed by atoms with Crippen LogP contribution in [0.4, 0.5) is 5.69 Å². The van der Waals surface area contributed by atoms with Crippen LogP contribution in [0.5, 0.6) is 0 Å². The van der Waals surface area contributed by atoms with Crippen molar-refractivity contribution in [2.24, 2.45) is 0 Å². The van der Waals surface area contributed by atoms with Crippen LogP contribution in [0.3, 0.4) is 0 Å². The van der Waals surface area contributed by atoms with Crippen molar-refractivity contribution in [1.29, 1.82) is 0 Å². The van der Waals surface area contributed by atoms with Crippen molar-refractivity contribution >= 4 is 27.5 Å². The molecule has 0 atom stereocenters. The van der Waals surface area contributed by atoms with Gasteiger partial charge in [0.1, 0.15) is 0 Å². The van der Waals surface area contributed by atoms with Gasteiger partial charge in [-0.1, -0.05) is 19.1 Å². The van der Waals surface area contributed by atoms with Crippen LogP contribution in [-0.4, -0.2) is 26.0 Å². The van der Waals surface area contributed by atoms with Gasteiger partial charge in [0.15, 0.2) is 0 Å². The van der Waals surface area contributed by atoms with E-state index in [9.17, 15) is 4.79 Å². The summed E-state index contributed by atoms with van der Waals surface area (Å²) in [6, 6.07) is 7.67. The van der Waals surface area contributed by atoms with Gasteiger partial charge in [-0.3, -0.25) is 4.79 Å². The van der Waals surface area contributed by atoms with E-state index >= 15 is 0 Å². The summed E-state index contributed by atoms with van der Waals surface area (Å²) in [6.07, 6.45) is 0. The van der Waals surface area contributed by atoms with Gasteiger partial charge in [0.05, 0.1) is 12.2 Å². The quantitative estimate of drug-likeness (QED) is 0.908. The summed E-state index contributed by atoms with van der Waals surface area (Å²) in [4.78, 5) is 13.3. The van der Waals surface area contributed by atoms with E-state index in [2.05, 4.69) is 21.2 Å². The smallest absolute Gasteiger partial charge is 0.240 e. The van der Waals surface area contributed by atoms with Gasteiger partial charge in [0.2, 0.25) is 5.91 Å². The Labute approximate surface area is 98.6 Å². The zero-order valence-electron chi connectivity index (χ0n) is 8.96. The normalized spacial score (nSPS) is 10.1. The fraction of sp³-hybridized carbons (Fsp3) is 0.364. The average Bonchev–Trinajstić information content (AvgIpc) is 2.25. The number of hydrogen-bond donors (Lipinski definition) is 1. The Kier molecular flexibility index (Phi) is 4.78. The number of likely N-dealkylation sites (N-methyl/N-ethyl adjacent to an activating group) is 2. The van der Waals surface area contributed by atoms with E-state index in [4.69, 9.17) is 0 Å². The van der Waals surface area contributed by atoms with E-state index in [0.29, 0.717) is 6.54 Å². The zero-order chi connectivity index (χ0) is 11.3. The number of amides is 1. The van der Waals surface area contributed by atoms with Crippen LogP contribution in [0.15, 0.2) is 28.7 Å². The lowest BCUT2D eigenvalue weighted by molar-refractivity contribution is -0.117. The van der Waals surface area contributed by atoms with Crippen molar-refractivity contribution in [3.63, 3.8) is 0 Å². The molecular weight excluding hydrogens is 256 g/mol. The first-order valence-corrected chi connectivity index (χ1v) is 5.68. The molecule has 0 unspecified atom stereocenters. The van der Waals surface area contributed by atoms with E-state index < -0.39 is 0 Å². The van der Waals surface area contributed by atoms with Crippen molar-refractivity contribution in [1.82, 2.24) is 5.32 Å². The molecule has 0 heterocycles. The largest absolute Gasteiger partial charge is 0.313 e. The van der Waals surface area contributed by atoms with Crippen LogP contribution in [0.25, 0.3) is 0 Å². The lowest BCUT2D eigenvalue weighted by atomic mass is 10.3. The molecular formula is C11H15BrN2O. The van der Waals surface area contributed by atoms with Gasteiger partial charge in [0, 0.05) is 11.5 Å². The predicted molar refractivity (Wildman–Crippen MR) is 66.1 cm³/mol. The maximum Gasteiger partial charge on any atom is 0.240 e. The SMILES string of the molecule is CCNCC(=O)N(C)c1ccccc1Br. The molecule has 0 fully saturated rings. The Hall–Kier alpha value is -0.870. The number of benzene rings is 1. The molecule has 1 N–H and O–H groups in total. The summed E-state index contributed by atoms with van der Waals surface area (Å²) in [5.41, 5.74) is 0.889. The number of rotatable bonds is 4. The monoisotopic (exact) mass is 270 g/mol. The number of para-hydroxylation sites is 1. The molecule has 0 saturated heterocycles. The first kappa shape index (κ1) is 12.2. The first-order chi connectivity index (χ1) is 7.16. The molecule has 1 aromatic carbocycles. The molecule has 82 valence electrons. The average molecular weight is 271 g/mol. The molecule has 0 spiro atoms. The number of anilines is 1. The molecule has 15 heavy (non-hydrogen) atoms. The fourth-order valence-corrected chi connectivity index (χ4v) is 1.76. The molecule has 0 bridgehead atoms. The Morgan fingerprint density at radius 3 is 2.73 bits per heavy atom. The standard InChI is InChI=1S/C11H15BrN2O/c1-3-13-8-11(15)14(2)10-7-5-4-6-9(10)12/h4-7,13H,3,8H2,1-2H3. The molecule has 0 aliphatic carbocycles. The lowest BCUT2D eigenvalue weighted by Crippen LogP contribution is -2.35. The molecule has 1 aromatic rings. The van der Waals surface area contributed by atoms with E-state index in [1.807, 2.05) is 31.2 Å². The number of carbonyl (C=O) groups excluding carboxylic acids is 1. The summed E-state index contributed by atoms with van der Waals surface area (Å²) < 4.78 is 0.928. The summed E-state index contributed by atoms with van der Waals surface area (Å²) >= 11 is 3.42. The van der Waals surface area contributed by atoms with Crippen LogP contribution in [-0.2, 0) is 4.79 Å². The van der Waals surface area contributed by atoms with Crippen molar-refractivity contribution < 1.29 is 4.79 Å². The highest BCUT2D eigenvalue weighted by Gasteiger charge is 2.11. The van der Waals surface area contributed by atoms with Crippen LogP contribution in [0.2, 0.25) is 0 Å². The number of nitrogens with one attached hydrogen (secondary N) is 1. The van der Waals surface area contributed by atoms with E-state index in [1.54, 1.807) is 11.9 Å². The highest BCUT2D eigenvalue weighted by molar-refractivity contribution is 9.10. The highest BCUT2D eigenvalue weighted by atomic mass is 79.9. The van der Waals surface area contributed by atoms with Crippen LogP contribution < -0.4 is 10.2 Å². The molecule has 3 nitrogen and oxygen atoms in total. The van der Waals surface area contributed by atoms with Gasteiger partial charge in [-0.2, -0.15) is 0 Å². The van der Waals surface area contributed by atoms with Crippen molar-refractivity contribution in [3.8, 4) is 0 Å². The maximum absolute atomic E-state index is 11.7. The number of hydrogen-bond acceptors (Lipinski definition) is 2. The third-order valence-corrected chi connectivity index (χ3v) is 2.78. The number of halogens is 1. The third-order valence-electron chi connectivity index (χ3n) is 2.11. The van der Waals surface area contributed by atoms with Crippen molar-refractivity contribution in [3.05, 3.63) is 28.7 Å². The van der Waals surface area contributed by atoms with Gasteiger partial charge >= 0.3 is 0 Å². The van der Waals surface area contributed by atoms with E-state index in [0.717, 1.165) is 16.7 Å². The zero-order valence-corrected chi connectivity index (χ0v) is 10.5. The first-order valence-electron chi connectivity index (χ1n) is 4.88. The second kappa shape index (κ2) is 5.88. The molecule has 1 rings (SSSR count). The Morgan fingerprint density at radius 1 is 1.47 bits per heavy atom. The molecule has 4 heteroatoms. The van der Waals surface area contributed by atoms with Crippen LogP contribution in [0.1, 0.15) is 6.92 Å². The second-order valence-corrected chi connectivity index (χ2v) is 4.04. The van der Waals surface area contributed by atoms with E-state index in [1.165, 1.54) is 0 Å². The Morgan fingerprint density at radius 2 is 2.13 bits per heavy atom. The summed E-state index contributed by atoms with van der Waals surface area (Å²) in [7, 11) is 1.78. The minimum absolute atomic E-state index is 0.0590.